The van der Waals surface area contributed by atoms with E-state index in [2.05, 4.69) is 6.92 Å². The predicted octanol–water partition coefficient (Wildman–Crippen LogP) is 5.41. The molecular formula is C19H36O3. The third-order valence-electron chi connectivity index (χ3n) is 4.34. The highest BCUT2D eigenvalue weighted by molar-refractivity contribution is 5.76. The summed E-state index contributed by atoms with van der Waals surface area (Å²) in [4.78, 5) is 11.2. The maximum atomic E-state index is 11.2. The van der Waals surface area contributed by atoms with Crippen LogP contribution in [0.1, 0.15) is 96.8 Å². The average molecular weight is 312 g/mol. The second-order valence-corrected chi connectivity index (χ2v) is 6.59. The van der Waals surface area contributed by atoms with E-state index in [9.17, 15) is 4.79 Å². The number of hydrogen-bond acceptors (Lipinski definition) is 3. The number of carbonyl (C=O) groups is 1. The second kappa shape index (κ2) is 14.0. The van der Waals surface area contributed by atoms with Gasteiger partial charge in [0, 0.05) is 0 Å². The molecule has 130 valence electrons. The Labute approximate surface area is 137 Å². The first-order valence-electron chi connectivity index (χ1n) is 9.63. The van der Waals surface area contributed by atoms with E-state index >= 15 is 0 Å². The number of ether oxygens (including phenoxy) is 2. The van der Waals surface area contributed by atoms with E-state index in [1.165, 1.54) is 83.5 Å². The van der Waals surface area contributed by atoms with E-state index in [0.717, 1.165) is 6.42 Å². The lowest BCUT2D eigenvalue weighted by Crippen LogP contribution is -2.12. The van der Waals surface area contributed by atoms with Crippen molar-refractivity contribution in [1.82, 2.24) is 0 Å². The molecule has 0 aromatic heterocycles. The fourth-order valence-electron chi connectivity index (χ4n) is 2.75. The molecule has 1 atom stereocenters. The molecule has 0 radical (unpaired) electrons. The van der Waals surface area contributed by atoms with Crippen molar-refractivity contribution >= 4 is 5.97 Å². The second-order valence-electron chi connectivity index (χ2n) is 6.59. The van der Waals surface area contributed by atoms with Crippen molar-refractivity contribution in [1.29, 1.82) is 0 Å². The molecule has 0 N–H and O–H groups in total. The molecule has 0 amide bonds. The van der Waals surface area contributed by atoms with Gasteiger partial charge in [-0.2, -0.15) is 0 Å². The molecule has 0 bridgehead atoms. The van der Waals surface area contributed by atoms with Gasteiger partial charge in [0.2, 0.25) is 0 Å². The maximum absolute atomic E-state index is 11.2. The highest BCUT2D eigenvalue weighted by Crippen LogP contribution is 2.13. The Morgan fingerprint density at radius 2 is 1.23 bits per heavy atom. The van der Waals surface area contributed by atoms with E-state index in [1.54, 1.807) is 0 Å². The van der Waals surface area contributed by atoms with E-state index in [0.29, 0.717) is 13.2 Å². The van der Waals surface area contributed by atoms with Crippen LogP contribution in [0.25, 0.3) is 0 Å². The first kappa shape index (κ1) is 19.5. The van der Waals surface area contributed by atoms with Crippen LogP contribution in [0.2, 0.25) is 0 Å². The summed E-state index contributed by atoms with van der Waals surface area (Å²) in [5.74, 6) is -0.172. The summed E-state index contributed by atoms with van der Waals surface area (Å²) < 4.78 is 9.98. The molecule has 3 heteroatoms. The fourth-order valence-corrected chi connectivity index (χ4v) is 2.75. The van der Waals surface area contributed by atoms with Crippen molar-refractivity contribution in [2.24, 2.45) is 0 Å². The lowest BCUT2D eigenvalue weighted by Gasteiger charge is -2.04. The molecule has 1 saturated heterocycles. The molecule has 0 aliphatic carbocycles. The number of carbonyl (C=O) groups excluding carboxylic acids is 1. The summed E-state index contributed by atoms with van der Waals surface area (Å²) in [6, 6.07) is 0. The Bertz CT molecular complexity index is 261. The Balaban J connectivity index is 1.65. The van der Waals surface area contributed by atoms with E-state index in [4.69, 9.17) is 9.47 Å². The van der Waals surface area contributed by atoms with Crippen molar-refractivity contribution in [2.45, 2.75) is 103 Å². The minimum Gasteiger partial charge on any atom is -0.464 e. The van der Waals surface area contributed by atoms with Gasteiger partial charge in [0.05, 0.1) is 13.2 Å². The SMILES string of the molecule is CCCCCCCCCCCCCCCCOC(=O)C1CO1. The number of unbranched alkanes of at least 4 members (excludes halogenated alkanes) is 13. The van der Waals surface area contributed by atoms with Gasteiger partial charge in [-0.1, -0.05) is 90.4 Å². The van der Waals surface area contributed by atoms with Gasteiger partial charge >= 0.3 is 5.97 Å². The topological polar surface area (TPSA) is 38.8 Å². The first-order chi connectivity index (χ1) is 10.8. The number of hydrogen-bond donors (Lipinski definition) is 0. The summed E-state index contributed by atoms with van der Waals surface area (Å²) in [5, 5.41) is 0. The molecule has 0 saturated carbocycles. The monoisotopic (exact) mass is 312 g/mol. The smallest absolute Gasteiger partial charge is 0.337 e. The quantitative estimate of drug-likeness (QED) is 0.217. The molecule has 1 rings (SSSR count). The molecule has 1 aliphatic heterocycles. The van der Waals surface area contributed by atoms with Crippen LogP contribution in [0, 0.1) is 0 Å². The summed E-state index contributed by atoms with van der Waals surface area (Å²) in [7, 11) is 0. The minimum absolute atomic E-state index is 0.172. The molecule has 0 aromatic carbocycles. The highest BCUT2D eigenvalue weighted by atomic mass is 16.6. The van der Waals surface area contributed by atoms with Crippen molar-refractivity contribution in [3.05, 3.63) is 0 Å². The predicted molar refractivity (Wildman–Crippen MR) is 91.0 cm³/mol. The van der Waals surface area contributed by atoms with Gasteiger partial charge in [-0.3, -0.25) is 0 Å². The molecule has 1 unspecified atom stereocenters. The van der Waals surface area contributed by atoms with Gasteiger partial charge in [-0.15, -0.1) is 0 Å². The van der Waals surface area contributed by atoms with Crippen molar-refractivity contribution in [3.8, 4) is 0 Å². The van der Waals surface area contributed by atoms with Gasteiger partial charge in [-0.05, 0) is 6.42 Å². The lowest BCUT2D eigenvalue weighted by atomic mass is 10.0. The molecular weight excluding hydrogens is 276 g/mol. The summed E-state index contributed by atoms with van der Waals surface area (Å²) in [6.45, 7) is 3.39. The largest absolute Gasteiger partial charge is 0.464 e. The normalized spacial score (nSPS) is 16.7. The summed E-state index contributed by atoms with van der Waals surface area (Å²) >= 11 is 0. The number of esters is 1. The molecule has 1 fully saturated rings. The van der Waals surface area contributed by atoms with Gasteiger partial charge in [0.25, 0.3) is 0 Å². The van der Waals surface area contributed by atoms with E-state index in [1.807, 2.05) is 0 Å². The molecule has 1 aliphatic rings. The molecule has 22 heavy (non-hydrogen) atoms. The Morgan fingerprint density at radius 1 is 0.818 bits per heavy atom. The summed E-state index contributed by atoms with van der Waals surface area (Å²) in [5.41, 5.74) is 0. The van der Waals surface area contributed by atoms with Gasteiger partial charge in [0.15, 0.2) is 6.10 Å². The fraction of sp³-hybridized carbons (Fsp3) is 0.947. The van der Waals surface area contributed by atoms with Crippen LogP contribution >= 0.6 is 0 Å². The van der Waals surface area contributed by atoms with E-state index < -0.39 is 0 Å². The van der Waals surface area contributed by atoms with E-state index in [-0.39, 0.29) is 12.1 Å². The maximum Gasteiger partial charge on any atom is 0.337 e. The van der Waals surface area contributed by atoms with Crippen LogP contribution in [0.4, 0.5) is 0 Å². The van der Waals surface area contributed by atoms with Crippen LogP contribution in [0.5, 0.6) is 0 Å². The van der Waals surface area contributed by atoms with Crippen molar-refractivity contribution in [3.63, 3.8) is 0 Å². The van der Waals surface area contributed by atoms with Crippen LogP contribution in [-0.2, 0) is 14.3 Å². The highest BCUT2D eigenvalue weighted by Gasteiger charge is 2.32. The minimum atomic E-state index is -0.244. The van der Waals surface area contributed by atoms with Crippen LogP contribution in [0.15, 0.2) is 0 Å². The zero-order valence-electron chi connectivity index (χ0n) is 14.6. The zero-order chi connectivity index (χ0) is 15.9. The summed E-state index contributed by atoms with van der Waals surface area (Å²) in [6.07, 6.45) is 18.6. The molecule has 0 aromatic rings. The van der Waals surface area contributed by atoms with Gasteiger partial charge in [0.1, 0.15) is 0 Å². The molecule has 3 nitrogen and oxygen atoms in total. The van der Waals surface area contributed by atoms with Crippen molar-refractivity contribution in [2.75, 3.05) is 13.2 Å². The van der Waals surface area contributed by atoms with Crippen LogP contribution in [0.3, 0.4) is 0 Å². The first-order valence-corrected chi connectivity index (χ1v) is 9.63. The van der Waals surface area contributed by atoms with Crippen LogP contribution < -0.4 is 0 Å². The van der Waals surface area contributed by atoms with Crippen LogP contribution in [-0.4, -0.2) is 25.3 Å². The third-order valence-corrected chi connectivity index (χ3v) is 4.34. The zero-order valence-corrected chi connectivity index (χ0v) is 14.6. The Kier molecular flexibility index (Phi) is 12.4. The molecule has 0 spiro atoms. The standard InChI is InChI=1S/C19H36O3/c1-2-3-4-5-6-7-8-9-10-11-12-13-14-15-16-21-19(20)18-17-22-18/h18H,2-17H2,1H3. The Hall–Kier alpha value is -0.570. The Morgan fingerprint density at radius 3 is 1.64 bits per heavy atom. The number of rotatable bonds is 16. The van der Waals surface area contributed by atoms with Gasteiger partial charge in [-0.25, -0.2) is 4.79 Å². The average Bonchev–Trinajstić information content (AvgIpc) is 3.36. The number of epoxide rings is 1. The lowest BCUT2D eigenvalue weighted by molar-refractivity contribution is -0.145. The molecule has 1 heterocycles. The third kappa shape index (κ3) is 12.0. The van der Waals surface area contributed by atoms with Gasteiger partial charge < -0.3 is 9.47 Å². The van der Waals surface area contributed by atoms with Crippen molar-refractivity contribution < 1.29 is 14.3 Å².